The summed E-state index contributed by atoms with van der Waals surface area (Å²) in [6.45, 7) is 1.20. The molecule has 0 aliphatic carbocycles. The van der Waals surface area contributed by atoms with Gasteiger partial charge in [-0.05, 0) is 40.9 Å². The van der Waals surface area contributed by atoms with Crippen molar-refractivity contribution in [3.63, 3.8) is 0 Å². The lowest BCUT2D eigenvalue weighted by atomic mass is 9.79. The molecule has 0 unspecified atom stereocenters. The molecule has 1 aliphatic heterocycles. The van der Waals surface area contributed by atoms with Crippen molar-refractivity contribution in [2.75, 3.05) is 31.7 Å². The summed E-state index contributed by atoms with van der Waals surface area (Å²) < 4.78 is 5.74. The molecule has 2 rings (SSSR count). The quantitative estimate of drug-likeness (QED) is 0.854. The second-order valence-electron chi connectivity index (χ2n) is 4.75. The second-order valence-corrected chi connectivity index (χ2v) is 5.67. The van der Waals surface area contributed by atoms with Gasteiger partial charge in [0.1, 0.15) is 5.82 Å². The molecule has 0 spiro atoms. The SMILES string of the molecule is COC(=O)C1(CO)CCN(c2ccc(Br)cn2)CC1. The van der Waals surface area contributed by atoms with Gasteiger partial charge in [-0.25, -0.2) is 4.98 Å². The fourth-order valence-electron chi connectivity index (χ4n) is 2.36. The number of hydrogen-bond acceptors (Lipinski definition) is 5. The van der Waals surface area contributed by atoms with E-state index in [9.17, 15) is 9.90 Å². The van der Waals surface area contributed by atoms with Crippen LogP contribution in [0.3, 0.4) is 0 Å². The molecule has 5 nitrogen and oxygen atoms in total. The Hall–Kier alpha value is -1.14. The largest absolute Gasteiger partial charge is 0.469 e. The maximum atomic E-state index is 11.8. The van der Waals surface area contributed by atoms with Crippen molar-refractivity contribution >= 4 is 27.7 Å². The number of aliphatic hydroxyl groups is 1. The van der Waals surface area contributed by atoms with Crippen LogP contribution in [0.25, 0.3) is 0 Å². The minimum absolute atomic E-state index is 0.165. The topological polar surface area (TPSA) is 62.7 Å². The maximum absolute atomic E-state index is 11.8. The molecule has 0 bridgehead atoms. The fraction of sp³-hybridized carbons (Fsp3) is 0.538. The van der Waals surface area contributed by atoms with Gasteiger partial charge in [0.05, 0.1) is 19.1 Å². The van der Waals surface area contributed by atoms with Gasteiger partial charge in [0.25, 0.3) is 0 Å². The van der Waals surface area contributed by atoms with Crippen molar-refractivity contribution in [1.29, 1.82) is 0 Å². The van der Waals surface area contributed by atoms with E-state index in [0.717, 1.165) is 10.3 Å². The molecule has 0 aromatic carbocycles. The van der Waals surface area contributed by atoms with Gasteiger partial charge in [0.15, 0.2) is 0 Å². The summed E-state index contributed by atoms with van der Waals surface area (Å²) in [7, 11) is 1.36. The lowest BCUT2D eigenvalue weighted by Gasteiger charge is -2.38. The van der Waals surface area contributed by atoms with E-state index in [1.807, 2.05) is 12.1 Å². The van der Waals surface area contributed by atoms with Crippen molar-refractivity contribution in [1.82, 2.24) is 4.98 Å². The monoisotopic (exact) mass is 328 g/mol. The summed E-state index contributed by atoms with van der Waals surface area (Å²) in [5, 5.41) is 9.50. The molecule has 0 saturated carbocycles. The molecule has 2 heterocycles. The van der Waals surface area contributed by atoms with Crippen LogP contribution in [-0.4, -0.2) is 42.9 Å². The zero-order valence-electron chi connectivity index (χ0n) is 10.8. The number of nitrogens with zero attached hydrogens (tertiary/aromatic N) is 2. The van der Waals surface area contributed by atoms with E-state index in [1.165, 1.54) is 7.11 Å². The van der Waals surface area contributed by atoms with Crippen LogP contribution < -0.4 is 4.90 Å². The number of halogens is 1. The number of aliphatic hydroxyl groups excluding tert-OH is 1. The van der Waals surface area contributed by atoms with Crippen LogP contribution in [0, 0.1) is 5.41 Å². The molecule has 104 valence electrons. The summed E-state index contributed by atoms with van der Waals surface area (Å²) in [5.41, 5.74) is -0.749. The Labute approximate surface area is 120 Å². The van der Waals surface area contributed by atoms with Crippen LogP contribution >= 0.6 is 15.9 Å². The summed E-state index contributed by atoms with van der Waals surface area (Å²) in [5.74, 6) is 0.568. The van der Waals surface area contributed by atoms with Crippen LogP contribution in [0.15, 0.2) is 22.8 Å². The lowest BCUT2D eigenvalue weighted by molar-refractivity contribution is -0.157. The number of esters is 1. The van der Waals surface area contributed by atoms with Crippen LogP contribution in [-0.2, 0) is 9.53 Å². The first kappa shape index (κ1) is 14.3. The van der Waals surface area contributed by atoms with Crippen LogP contribution in [0.2, 0.25) is 0 Å². The third kappa shape index (κ3) is 2.90. The average molecular weight is 329 g/mol. The standard InChI is InChI=1S/C13H17BrN2O3/c1-19-12(18)13(9-17)4-6-16(7-5-13)11-3-2-10(14)8-15-11/h2-3,8,17H,4-7,9H2,1H3. The Morgan fingerprint density at radius 1 is 1.53 bits per heavy atom. The van der Waals surface area contributed by atoms with Gasteiger partial charge in [-0.3, -0.25) is 4.79 Å². The third-order valence-corrected chi connectivity index (χ3v) is 4.15. The first-order valence-corrected chi connectivity index (χ1v) is 6.96. The minimum Gasteiger partial charge on any atom is -0.469 e. The molecular formula is C13H17BrN2O3. The molecule has 19 heavy (non-hydrogen) atoms. The van der Waals surface area contributed by atoms with E-state index in [2.05, 4.69) is 25.8 Å². The normalized spacial score (nSPS) is 18.2. The fourth-order valence-corrected chi connectivity index (χ4v) is 2.60. The molecule has 1 aromatic rings. The van der Waals surface area contributed by atoms with Gasteiger partial charge in [-0.15, -0.1) is 0 Å². The number of aromatic nitrogens is 1. The minimum atomic E-state index is -0.749. The second kappa shape index (κ2) is 5.88. The average Bonchev–Trinajstić information content (AvgIpc) is 2.47. The highest BCUT2D eigenvalue weighted by Crippen LogP contribution is 2.33. The molecule has 1 fully saturated rings. The van der Waals surface area contributed by atoms with Crippen molar-refractivity contribution in [2.24, 2.45) is 5.41 Å². The first-order chi connectivity index (χ1) is 9.11. The van der Waals surface area contributed by atoms with Crippen molar-refractivity contribution in [3.8, 4) is 0 Å². The first-order valence-electron chi connectivity index (χ1n) is 6.17. The number of piperidine rings is 1. The zero-order valence-corrected chi connectivity index (χ0v) is 12.4. The summed E-state index contributed by atoms with van der Waals surface area (Å²) in [6.07, 6.45) is 2.91. The molecule has 1 saturated heterocycles. The van der Waals surface area contributed by atoms with Crippen LogP contribution in [0.4, 0.5) is 5.82 Å². The van der Waals surface area contributed by atoms with Crippen molar-refractivity contribution in [2.45, 2.75) is 12.8 Å². The van der Waals surface area contributed by atoms with E-state index in [1.54, 1.807) is 6.20 Å². The van der Waals surface area contributed by atoms with Crippen LogP contribution in [0.5, 0.6) is 0 Å². The number of pyridine rings is 1. The molecule has 1 N–H and O–H groups in total. The van der Waals surface area contributed by atoms with Gasteiger partial charge >= 0.3 is 5.97 Å². The number of rotatable bonds is 3. The van der Waals surface area contributed by atoms with Crippen LogP contribution in [0.1, 0.15) is 12.8 Å². The highest BCUT2D eigenvalue weighted by Gasteiger charge is 2.42. The molecule has 0 amide bonds. The number of anilines is 1. The summed E-state index contributed by atoms with van der Waals surface area (Å²) >= 11 is 3.35. The predicted octanol–water partition coefficient (Wildman–Crippen LogP) is 1.60. The van der Waals surface area contributed by atoms with Gasteiger partial charge in [0, 0.05) is 23.8 Å². The molecule has 1 aromatic heterocycles. The van der Waals surface area contributed by atoms with E-state index in [0.29, 0.717) is 25.9 Å². The van der Waals surface area contributed by atoms with Crippen molar-refractivity contribution < 1.29 is 14.6 Å². The Morgan fingerprint density at radius 2 is 2.21 bits per heavy atom. The van der Waals surface area contributed by atoms with Gasteiger partial charge in [-0.2, -0.15) is 0 Å². The zero-order chi connectivity index (χ0) is 13.9. The smallest absolute Gasteiger partial charge is 0.314 e. The number of carbonyl (C=O) groups is 1. The van der Waals surface area contributed by atoms with E-state index in [-0.39, 0.29) is 12.6 Å². The Balaban J connectivity index is 2.06. The number of hydrogen-bond donors (Lipinski definition) is 1. The number of methoxy groups -OCH3 is 1. The Morgan fingerprint density at radius 3 is 2.68 bits per heavy atom. The molecule has 6 heteroatoms. The van der Waals surface area contributed by atoms with Gasteiger partial charge in [-0.1, -0.05) is 0 Å². The predicted molar refractivity (Wildman–Crippen MR) is 74.9 cm³/mol. The summed E-state index contributed by atoms with van der Waals surface area (Å²) in [6, 6.07) is 3.88. The molecular weight excluding hydrogens is 312 g/mol. The summed E-state index contributed by atoms with van der Waals surface area (Å²) in [4.78, 5) is 18.2. The number of carbonyl (C=O) groups excluding carboxylic acids is 1. The Bertz CT molecular complexity index is 442. The lowest BCUT2D eigenvalue weighted by Crippen LogP contribution is -2.47. The Kier molecular flexibility index (Phi) is 4.42. The molecule has 1 aliphatic rings. The highest BCUT2D eigenvalue weighted by molar-refractivity contribution is 9.10. The maximum Gasteiger partial charge on any atom is 0.314 e. The third-order valence-electron chi connectivity index (χ3n) is 3.68. The van der Waals surface area contributed by atoms with Gasteiger partial charge < -0.3 is 14.7 Å². The molecule has 0 atom stereocenters. The van der Waals surface area contributed by atoms with E-state index < -0.39 is 5.41 Å². The molecule has 0 radical (unpaired) electrons. The number of ether oxygens (including phenoxy) is 1. The van der Waals surface area contributed by atoms with E-state index in [4.69, 9.17) is 4.74 Å². The van der Waals surface area contributed by atoms with E-state index >= 15 is 0 Å². The highest BCUT2D eigenvalue weighted by atomic mass is 79.9. The van der Waals surface area contributed by atoms with Crippen molar-refractivity contribution in [3.05, 3.63) is 22.8 Å². The van der Waals surface area contributed by atoms with Gasteiger partial charge in [0.2, 0.25) is 0 Å².